The fourth-order valence-electron chi connectivity index (χ4n) is 2.55. The van der Waals surface area contributed by atoms with E-state index in [0.29, 0.717) is 24.5 Å². The number of nitrogens with two attached hydrogens (primary N) is 1. The van der Waals surface area contributed by atoms with E-state index < -0.39 is 0 Å². The molecule has 110 valence electrons. The third-order valence-electron chi connectivity index (χ3n) is 3.69. The van der Waals surface area contributed by atoms with E-state index in [1.54, 1.807) is 16.8 Å². The minimum absolute atomic E-state index is 0.00983. The first-order valence-electron chi connectivity index (χ1n) is 6.63. The van der Waals surface area contributed by atoms with Crippen LogP contribution in [-0.4, -0.2) is 41.9 Å². The number of nitrogen functional groups attached to an aromatic ring is 1. The van der Waals surface area contributed by atoms with Gasteiger partial charge in [-0.05, 0) is 11.5 Å². The molecule has 1 aliphatic rings. The quantitative estimate of drug-likeness (QED) is 0.511. The average molecular weight is 304 g/mol. The van der Waals surface area contributed by atoms with Crippen LogP contribution >= 0.6 is 11.3 Å². The molecule has 1 aromatic carbocycles. The maximum absolute atomic E-state index is 12.0. The molecule has 0 unspecified atom stereocenters. The Labute approximate surface area is 126 Å². The highest BCUT2D eigenvalue weighted by molar-refractivity contribution is 7.21. The maximum Gasteiger partial charge on any atom is 0.320 e. The van der Waals surface area contributed by atoms with Gasteiger partial charge in [0.15, 0.2) is 0 Å². The second kappa shape index (κ2) is 5.34. The molecule has 1 saturated heterocycles. The maximum atomic E-state index is 12.0. The summed E-state index contributed by atoms with van der Waals surface area (Å²) < 4.78 is 1.02. The lowest BCUT2D eigenvalue weighted by Gasteiger charge is -2.16. The molecule has 3 N–H and O–H groups in total. The van der Waals surface area contributed by atoms with E-state index in [2.05, 4.69) is 5.43 Å². The Morgan fingerprint density at radius 2 is 2.14 bits per heavy atom. The molecule has 0 spiro atoms. The number of benzene rings is 1. The molecule has 2 aromatic rings. The van der Waals surface area contributed by atoms with E-state index >= 15 is 0 Å². The van der Waals surface area contributed by atoms with E-state index in [-0.39, 0.29) is 11.9 Å². The minimum atomic E-state index is -0.314. The number of nitrogens with zero attached hydrogens (tertiary/aromatic N) is 2. The van der Waals surface area contributed by atoms with Crippen molar-refractivity contribution < 1.29 is 9.59 Å². The van der Waals surface area contributed by atoms with Crippen LogP contribution in [0.25, 0.3) is 10.1 Å². The molecule has 0 radical (unpaired) electrons. The van der Waals surface area contributed by atoms with Crippen molar-refractivity contribution in [2.45, 2.75) is 6.54 Å². The zero-order valence-corrected chi connectivity index (χ0v) is 12.4. The molecule has 0 atom stereocenters. The predicted molar refractivity (Wildman–Crippen MR) is 81.9 cm³/mol. The Morgan fingerprint density at radius 1 is 1.38 bits per heavy atom. The van der Waals surface area contributed by atoms with Gasteiger partial charge in [-0.1, -0.05) is 18.2 Å². The summed E-state index contributed by atoms with van der Waals surface area (Å²) in [6.07, 6.45) is 0. The van der Waals surface area contributed by atoms with Crippen LogP contribution in [0.3, 0.4) is 0 Å². The summed E-state index contributed by atoms with van der Waals surface area (Å²) in [6, 6.07) is 7.79. The molecule has 3 amide bonds. The number of hydrogen-bond donors (Lipinski definition) is 2. The van der Waals surface area contributed by atoms with Crippen molar-refractivity contribution in [1.82, 2.24) is 15.2 Å². The van der Waals surface area contributed by atoms with E-state index in [4.69, 9.17) is 5.84 Å². The molecule has 7 heteroatoms. The standard InChI is InChI=1S/C14H16N4O2S/c1-17-6-7-18(14(17)20)8-10-9-4-2-3-5-11(9)21-12(10)13(19)16-15/h2-5H,6-8,15H2,1H3,(H,16,19). The van der Waals surface area contributed by atoms with Crippen LogP contribution < -0.4 is 11.3 Å². The smallest absolute Gasteiger partial charge is 0.320 e. The number of hydrazine groups is 1. The Bertz CT molecular complexity index is 712. The zero-order chi connectivity index (χ0) is 15.0. The van der Waals surface area contributed by atoms with Crippen molar-refractivity contribution in [1.29, 1.82) is 0 Å². The van der Waals surface area contributed by atoms with Crippen LogP contribution in [0.1, 0.15) is 15.2 Å². The van der Waals surface area contributed by atoms with Crippen LogP contribution in [0.15, 0.2) is 24.3 Å². The SMILES string of the molecule is CN1CCN(Cc2c(C(=O)NN)sc3ccccc23)C1=O. The number of urea groups is 1. The van der Waals surface area contributed by atoms with E-state index in [9.17, 15) is 9.59 Å². The summed E-state index contributed by atoms with van der Waals surface area (Å²) in [5, 5.41) is 1.00. The molecule has 3 rings (SSSR count). The largest absolute Gasteiger partial charge is 0.326 e. The van der Waals surface area contributed by atoms with Gasteiger partial charge in [0.05, 0.1) is 4.88 Å². The summed E-state index contributed by atoms with van der Waals surface area (Å²) in [5.74, 6) is 4.96. The highest BCUT2D eigenvalue weighted by Crippen LogP contribution is 2.32. The first-order chi connectivity index (χ1) is 10.1. The molecule has 0 bridgehead atoms. The fourth-order valence-corrected chi connectivity index (χ4v) is 3.66. The number of carbonyl (C=O) groups excluding carboxylic acids is 2. The molecule has 0 aliphatic carbocycles. The third-order valence-corrected chi connectivity index (χ3v) is 4.90. The highest BCUT2D eigenvalue weighted by atomic mass is 32.1. The van der Waals surface area contributed by atoms with Gasteiger partial charge in [0, 0.05) is 36.9 Å². The van der Waals surface area contributed by atoms with Gasteiger partial charge in [-0.25, -0.2) is 10.6 Å². The number of fused-ring (bicyclic) bond motifs is 1. The summed E-state index contributed by atoms with van der Waals surface area (Å²) in [4.78, 5) is 28.0. The Kier molecular flexibility index (Phi) is 3.52. The van der Waals surface area contributed by atoms with Gasteiger partial charge < -0.3 is 9.80 Å². The summed E-state index contributed by atoms with van der Waals surface area (Å²) in [6.45, 7) is 1.80. The van der Waals surface area contributed by atoms with Crippen molar-refractivity contribution in [3.63, 3.8) is 0 Å². The van der Waals surface area contributed by atoms with Crippen LogP contribution in [0, 0.1) is 0 Å². The molecule has 1 fully saturated rings. The van der Waals surface area contributed by atoms with Crippen molar-refractivity contribution >= 4 is 33.4 Å². The summed E-state index contributed by atoms with van der Waals surface area (Å²) in [5.41, 5.74) is 3.05. The minimum Gasteiger partial charge on any atom is -0.326 e. The molecular formula is C14H16N4O2S. The lowest BCUT2D eigenvalue weighted by atomic mass is 10.1. The van der Waals surface area contributed by atoms with Crippen molar-refractivity contribution in [2.24, 2.45) is 5.84 Å². The number of rotatable bonds is 3. The lowest BCUT2D eigenvalue weighted by Crippen LogP contribution is -2.32. The molecule has 1 aromatic heterocycles. The average Bonchev–Trinajstić information content (AvgIpc) is 3.02. The number of amides is 3. The topological polar surface area (TPSA) is 78.7 Å². The molecule has 2 heterocycles. The van der Waals surface area contributed by atoms with E-state index in [0.717, 1.165) is 15.6 Å². The second-order valence-corrected chi connectivity index (χ2v) is 6.06. The summed E-state index contributed by atoms with van der Waals surface area (Å²) in [7, 11) is 1.78. The number of nitrogens with one attached hydrogen (secondary N) is 1. The fraction of sp³-hybridized carbons (Fsp3) is 0.286. The van der Waals surface area contributed by atoms with Crippen molar-refractivity contribution in [3.8, 4) is 0 Å². The first-order valence-corrected chi connectivity index (χ1v) is 7.45. The number of thiophene rings is 1. The molecular weight excluding hydrogens is 288 g/mol. The van der Waals surface area contributed by atoms with E-state index in [1.807, 2.05) is 24.3 Å². The lowest BCUT2D eigenvalue weighted by molar-refractivity contribution is 0.0956. The molecule has 21 heavy (non-hydrogen) atoms. The van der Waals surface area contributed by atoms with Crippen LogP contribution in [0.2, 0.25) is 0 Å². The van der Waals surface area contributed by atoms with Crippen molar-refractivity contribution in [2.75, 3.05) is 20.1 Å². The Balaban J connectivity index is 2.03. The van der Waals surface area contributed by atoms with Crippen LogP contribution in [0.5, 0.6) is 0 Å². The zero-order valence-electron chi connectivity index (χ0n) is 11.6. The Hall–Kier alpha value is -2.12. The molecule has 1 aliphatic heterocycles. The normalized spacial score (nSPS) is 15.0. The number of hydrogen-bond acceptors (Lipinski definition) is 4. The highest BCUT2D eigenvalue weighted by Gasteiger charge is 2.28. The number of likely N-dealkylation sites (N-methyl/N-ethyl adjacent to an activating group) is 1. The Morgan fingerprint density at radius 3 is 2.81 bits per heavy atom. The van der Waals surface area contributed by atoms with Gasteiger partial charge in [-0.15, -0.1) is 11.3 Å². The second-order valence-electron chi connectivity index (χ2n) is 5.01. The van der Waals surface area contributed by atoms with Gasteiger partial charge >= 0.3 is 6.03 Å². The van der Waals surface area contributed by atoms with Gasteiger partial charge in [0.2, 0.25) is 0 Å². The molecule has 6 nitrogen and oxygen atoms in total. The van der Waals surface area contributed by atoms with Crippen LogP contribution in [-0.2, 0) is 6.54 Å². The monoisotopic (exact) mass is 304 g/mol. The van der Waals surface area contributed by atoms with Gasteiger partial charge in [0.25, 0.3) is 5.91 Å². The van der Waals surface area contributed by atoms with Gasteiger partial charge in [-0.3, -0.25) is 10.2 Å². The van der Waals surface area contributed by atoms with Crippen molar-refractivity contribution in [3.05, 3.63) is 34.7 Å². The molecule has 0 saturated carbocycles. The van der Waals surface area contributed by atoms with Crippen LogP contribution in [0.4, 0.5) is 4.79 Å². The third kappa shape index (κ3) is 2.34. The van der Waals surface area contributed by atoms with Gasteiger partial charge in [0.1, 0.15) is 0 Å². The first kappa shape index (κ1) is 13.8. The number of carbonyl (C=O) groups is 2. The summed E-state index contributed by atoms with van der Waals surface area (Å²) >= 11 is 1.40. The van der Waals surface area contributed by atoms with Gasteiger partial charge in [-0.2, -0.15) is 0 Å². The van der Waals surface area contributed by atoms with E-state index in [1.165, 1.54) is 11.3 Å². The predicted octanol–water partition coefficient (Wildman–Crippen LogP) is 1.37.